The summed E-state index contributed by atoms with van der Waals surface area (Å²) >= 11 is 0. The van der Waals surface area contributed by atoms with Gasteiger partial charge in [-0.3, -0.25) is 4.79 Å². The molecule has 44 heavy (non-hydrogen) atoms. The lowest BCUT2D eigenvalue weighted by Gasteiger charge is -2.23. The van der Waals surface area contributed by atoms with Crippen LogP contribution in [0.25, 0.3) is 0 Å². The molecule has 0 bridgehead atoms. The number of rotatable bonds is 15. The maximum Gasteiger partial charge on any atom is 0.343 e. The van der Waals surface area contributed by atoms with E-state index < -0.39 is 18.0 Å². The highest BCUT2D eigenvalue weighted by atomic mass is 16.5. The summed E-state index contributed by atoms with van der Waals surface area (Å²) in [6.45, 7) is 1.06. The van der Waals surface area contributed by atoms with Crippen LogP contribution in [0.3, 0.4) is 0 Å². The van der Waals surface area contributed by atoms with Gasteiger partial charge < -0.3 is 24.8 Å². The number of ether oxygens (including phenoxy) is 2. The Labute approximate surface area is 257 Å². The first-order chi connectivity index (χ1) is 21.5. The number of carboxylic acids is 1. The Balaban J connectivity index is 1.11. The predicted octanol–water partition coefficient (Wildman–Crippen LogP) is 6.62. The minimum atomic E-state index is -1.00. The van der Waals surface area contributed by atoms with E-state index in [-0.39, 0.29) is 17.6 Å². The average Bonchev–Trinajstić information content (AvgIpc) is 3.91. The number of hydrogen-bond donors (Lipinski definition) is 2. The topological polar surface area (TPSA) is 105 Å². The molecule has 1 amide bonds. The molecule has 0 spiro atoms. The molecule has 0 saturated heterocycles. The summed E-state index contributed by atoms with van der Waals surface area (Å²) in [5.41, 5.74) is 2.72. The van der Waals surface area contributed by atoms with E-state index in [1.807, 2.05) is 65.6 Å². The molecule has 8 nitrogen and oxygen atoms in total. The van der Waals surface area contributed by atoms with Gasteiger partial charge in [0.2, 0.25) is 5.91 Å². The Bertz CT molecular complexity index is 1540. The number of carboxylic acid groups (broad SMARTS) is 1. The van der Waals surface area contributed by atoms with E-state index in [0.717, 1.165) is 29.8 Å². The number of amides is 1. The zero-order valence-electron chi connectivity index (χ0n) is 24.4. The number of aliphatic carboxylic acids is 1. The van der Waals surface area contributed by atoms with Crippen LogP contribution in [-0.2, 0) is 16.0 Å². The fraction of sp³-hybridized carbons (Fsp3) is 0.250. The molecule has 0 aliphatic heterocycles. The van der Waals surface area contributed by atoms with Gasteiger partial charge in [0.1, 0.15) is 11.8 Å². The number of aryl methyl sites for hydroxylation is 1. The highest BCUT2D eigenvalue weighted by Crippen LogP contribution is 2.33. The van der Waals surface area contributed by atoms with Crippen molar-refractivity contribution in [1.29, 1.82) is 0 Å². The van der Waals surface area contributed by atoms with E-state index in [2.05, 4.69) is 5.32 Å². The zero-order valence-corrected chi connectivity index (χ0v) is 24.4. The van der Waals surface area contributed by atoms with Crippen LogP contribution in [0, 0.1) is 5.92 Å². The fourth-order valence-corrected chi connectivity index (χ4v) is 4.85. The first kappa shape index (κ1) is 30.4. The number of carbonyl (C=O) groups excluding carboxylic acids is 2. The van der Waals surface area contributed by atoms with Gasteiger partial charge in [0.15, 0.2) is 5.75 Å². The number of hydrogen-bond acceptors (Lipinski definition) is 6. The molecule has 0 aromatic heterocycles. The number of nitrogens with zero attached hydrogens (tertiary/aromatic N) is 1. The molecule has 4 aromatic carbocycles. The fourth-order valence-electron chi connectivity index (χ4n) is 4.85. The lowest BCUT2D eigenvalue weighted by molar-refractivity contribution is -0.138. The number of carbonyl (C=O) groups is 3. The molecule has 1 fully saturated rings. The van der Waals surface area contributed by atoms with Crippen LogP contribution in [-0.4, -0.2) is 42.1 Å². The maximum absolute atomic E-state index is 12.8. The SMILES string of the molecule is O=C(Oc1ccccc1NC(CCc1ccc(OCCCN(C(=O)C2CC2)c2ccccc2)cc1)C(=O)O)c1ccccc1. The molecule has 2 N–H and O–H groups in total. The van der Waals surface area contributed by atoms with E-state index in [4.69, 9.17) is 9.47 Å². The summed E-state index contributed by atoms with van der Waals surface area (Å²) in [7, 11) is 0. The highest BCUT2D eigenvalue weighted by molar-refractivity contribution is 5.96. The minimum absolute atomic E-state index is 0.145. The second-order valence-corrected chi connectivity index (χ2v) is 10.8. The van der Waals surface area contributed by atoms with Crippen LogP contribution in [0.2, 0.25) is 0 Å². The molecule has 1 aliphatic rings. The monoisotopic (exact) mass is 592 g/mol. The molecule has 0 radical (unpaired) electrons. The maximum atomic E-state index is 12.8. The van der Waals surface area contributed by atoms with Crippen LogP contribution < -0.4 is 19.7 Å². The molecule has 1 atom stereocenters. The smallest absolute Gasteiger partial charge is 0.343 e. The first-order valence-corrected chi connectivity index (χ1v) is 14.9. The summed E-state index contributed by atoms with van der Waals surface area (Å²) in [5.74, 6) is -0.209. The van der Waals surface area contributed by atoms with Crippen LogP contribution in [0.4, 0.5) is 11.4 Å². The standard InChI is InChI=1S/C36H36N2O6/c39-34(27-19-20-27)38(29-12-5-2-6-13-29)24-9-25-43-30-21-16-26(17-22-30)18-23-32(35(40)41)37-31-14-7-8-15-33(31)44-36(42)28-10-3-1-4-11-28/h1-8,10-17,21-22,27,32,37H,9,18-20,23-25H2,(H,40,41). The average molecular weight is 593 g/mol. The van der Waals surface area contributed by atoms with E-state index in [0.29, 0.717) is 43.7 Å². The molecular formula is C36H36N2O6. The highest BCUT2D eigenvalue weighted by Gasteiger charge is 2.33. The van der Waals surface area contributed by atoms with Gasteiger partial charge in [0.05, 0.1) is 17.9 Å². The van der Waals surface area contributed by atoms with Crippen molar-refractivity contribution in [1.82, 2.24) is 0 Å². The van der Waals surface area contributed by atoms with Crippen LogP contribution in [0.1, 0.15) is 41.6 Å². The van der Waals surface area contributed by atoms with Crippen molar-refractivity contribution in [3.63, 3.8) is 0 Å². The Hall–Kier alpha value is -5.11. The van der Waals surface area contributed by atoms with Gasteiger partial charge in [-0.05, 0) is 86.2 Å². The Morgan fingerprint density at radius 1 is 0.841 bits per heavy atom. The molecule has 4 aromatic rings. The molecule has 0 heterocycles. The zero-order chi connectivity index (χ0) is 30.7. The predicted molar refractivity (Wildman–Crippen MR) is 169 cm³/mol. The second kappa shape index (κ2) is 14.9. The number of anilines is 2. The summed E-state index contributed by atoms with van der Waals surface area (Å²) in [4.78, 5) is 39.3. The van der Waals surface area contributed by atoms with E-state index >= 15 is 0 Å². The first-order valence-electron chi connectivity index (χ1n) is 14.9. The van der Waals surface area contributed by atoms with Crippen molar-refractivity contribution in [3.8, 4) is 11.5 Å². The van der Waals surface area contributed by atoms with Crippen LogP contribution in [0.5, 0.6) is 11.5 Å². The Morgan fingerprint density at radius 3 is 2.18 bits per heavy atom. The molecule has 1 saturated carbocycles. The summed E-state index contributed by atoms with van der Waals surface area (Å²) < 4.78 is 11.5. The summed E-state index contributed by atoms with van der Waals surface area (Å²) in [5, 5.41) is 12.9. The second-order valence-electron chi connectivity index (χ2n) is 10.8. The van der Waals surface area contributed by atoms with Gasteiger partial charge >= 0.3 is 11.9 Å². The van der Waals surface area contributed by atoms with Crippen molar-refractivity contribution in [2.75, 3.05) is 23.4 Å². The van der Waals surface area contributed by atoms with Crippen molar-refractivity contribution >= 4 is 29.2 Å². The molecule has 1 aliphatic carbocycles. The van der Waals surface area contributed by atoms with Crippen molar-refractivity contribution < 1.29 is 29.0 Å². The van der Waals surface area contributed by atoms with Crippen molar-refractivity contribution in [2.45, 2.75) is 38.1 Å². The number of benzene rings is 4. The molecule has 1 unspecified atom stereocenters. The summed E-state index contributed by atoms with van der Waals surface area (Å²) in [6, 6.07) is 31.9. The molecular weight excluding hydrogens is 556 g/mol. The lowest BCUT2D eigenvalue weighted by atomic mass is 10.0. The van der Waals surface area contributed by atoms with Crippen LogP contribution in [0.15, 0.2) is 109 Å². The van der Waals surface area contributed by atoms with Crippen molar-refractivity contribution in [2.24, 2.45) is 5.92 Å². The third kappa shape index (κ3) is 8.47. The number of para-hydroxylation sites is 3. The molecule has 5 rings (SSSR count). The Kier molecular flexibility index (Phi) is 10.3. The number of nitrogens with one attached hydrogen (secondary N) is 1. The van der Waals surface area contributed by atoms with Gasteiger partial charge in [0.25, 0.3) is 0 Å². The molecule has 8 heteroatoms. The minimum Gasteiger partial charge on any atom is -0.494 e. The van der Waals surface area contributed by atoms with Crippen molar-refractivity contribution in [3.05, 3.63) is 120 Å². The quantitative estimate of drug-likeness (QED) is 0.0909. The molecule has 226 valence electrons. The van der Waals surface area contributed by atoms with Gasteiger partial charge in [-0.1, -0.05) is 60.7 Å². The lowest BCUT2D eigenvalue weighted by Crippen LogP contribution is -2.33. The van der Waals surface area contributed by atoms with Gasteiger partial charge in [-0.2, -0.15) is 0 Å². The van der Waals surface area contributed by atoms with E-state index in [1.165, 1.54) is 0 Å². The van der Waals surface area contributed by atoms with Gasteiger partial charge in [0, 0.05) is 18.2 Å². The van der Waals surface area contributed by atoms with E-state index in [1.54, 1.807) is 48.5 Å². The van der Waals surface area contributed by atoms with Crippen LogP contribution >= 0.6 is 0 Å². The third-order valence-electron chi connectivity index (χ3n) is 7.43. The third-order valence-corrected chi connectivity index (χ3v) is 7.43. The summed E-state index contributed by atoms with van der Waals surface area (Å²) in [6.07, 6.45) is 3.47. The van der Waals surface area contributed by atoms with Gasteiger partial charge in [-0.25, -0.2) is 9.59 Å². The largest absolute Gasteiger partial charge is 0.494 e. The van der Waals surface area contributed by atoms with Gasteiger partial charge in [-0.15, -0.1) is 0 Å². The Morgan fingerprint density at radius 2 is 1.50 bits per heavy atom. The number of esters is 1. The normalized spacial score (nSPS) is 13.0. The van der Waals surface area contributed by atoms with E-state index in [9.17, 15) is 19.5 Å².